The van der Waals surface area contributed by atoms with Crippen molar-refractivity contribution in [2.45, 2.75) is 6.54 Å². The molecule has 0 bridgehead atoms. The average molecular weight is 290 g/mol. The van der Waals surface area contributed by atoms with Crippen LogP contribution in [0, 0.1) is 0 Å². The smallest absolute Gasteiger partial charge is 0.341 e. The van der Waals surface area contributed by atoms with Gasteiger partial charge in [-0.1, -0.05) is 6.07 Å². The van der Waals surface area contributed by atoms with Gasteiger partial charge in [0.1, 0.15) is 11.3 Å². The Bertz CT molecular complexity index is 734. The van der Waals surface area contributed by atoms with Gasteiger partial charge >= 0.3 is 5.97 Å². The number of hydrogen-bond donors (Lipinski definition) is 1. The highest BCUT2D eigenvalue weighted by atomic mass is 16.5. The number of rotatable bonds is 5. The van der Waals surface area contributed by atoms with E-state index in [-0.39, 0.29) is 5.56 Å². The van der Waals surface area contributed by atoms with Crippen LogP contribution in [0.1, 0.15) is 10.4 Å². The van der Waals surface area contributed by atoms with Gasteiger partial charge in [-0.2, -0.15) is 0 Å². The summed E-state index contributed by atoms with van der Waals surface area (Å²) in [7, 11) is 5.39. The Morgan fingerprint density at radius 2 is 2.10 bits per heavy atom. The zero-order valence-corrected chi connectivity index (χ0v) is 12.3. The van der Waals surface area contributed by atoms with Crippen molar-refractivity contribution < 1.29 is 14.6 Å². The number of ether oxygens (including phenoxy) is 1. The summed E-state index contributed by atoms with van der Waals surface area (Å²) in [5.74, 6) is -0.663. The predicted molar refractivity (Wildman–Crippen MR) is 80.3 cm³/mol. The minimum Gasteiger partial charge on any atom is -0.495 e. The summed E-state index contributed by atoms with van der Waals surface area (Å²) in [5.41, 5.74) is -0.0936. The predicted octanol–water partition coefficient (Wildman–Crippen LogP) is 1.27. The van der Waals surface area contributed by atoms with Crippen LogP contribution < -0.4 is 10.2 Å². The van der Waals surface area contributed by atoms with E-state index >= 15 is 0 Å². The number of hydrogen-bond acceptors (Lipinski definition) is 4. The molecule has 1 aromatic carbocycles. The van der Waals surface area contributed by atoms with Crippen molar-refractivity contribution in [3.63, 3.8) is 0 Å². The third-order valence-corrected chi connectivity index (χ3v) is 3.30. The molecule has 0 aliphatic carbocycles. The van der Waals surface area contributed by atoms with Crippen LogP contribution in [0.3, 0.4) is 0 Å². The van der Waals surface area contributed by atoms with Gasteiger partial charge in [0.25, 0.3) is 0 Å². The molecular formula is C15H18N2O4. The van der Waals surface area contributed by atoms with Crippen molar-refractivity contribution in [2.24, 2.45) is 0 Å². The molecule has 1 aromatic heterocycles. The fraction of sp³-hybridized carbons (Fsp3) is 0.333. The number of carbonyl (C=O) groups is 1. The normalized spacial score (nSPS) is 11.0. The molecule has 21 heavy (non-hydrogen) atoms. The van der Waals surface area contributed by atoms with Crippen molar-refractivity contribution >= 4 is 16.9 Å². The number of fused-ring (bicyclic) bond motifs is 1. The van der Waals surface area contributed by atoms with E-state index in [1.807, 2.05) is 19.0 Å². The first-order valence-corrected chi connectivity index (χ1v) is 6.54. The second kappa shape index (κ2) is 5.97. The van der Waals surface area contributed by atoms with Crippen LogP contribution in [0.15, 0.2) is 29.2 Å². The Balaban J connectivity index is 2.76. The van der Waals surface area contributed by atoms with Gasteiger partial charge in [-0.3, -0.25) is 4.79 Å². The van der Waals surface area contributed by atoms with Crippen molar-refractivity contribution in [1.29, 1.82) is 0 Å². The number of pyridine rings is 1. The fourth-order valence-corrected chi connectivity index (χ4v) is 2.23. The SMILES string of the molecule is COc1cccc2c(=O)c(C(=O)O)cn(CCN(C)C)c12. The number of aromatic carboxylic acids is 1. The number of carboxylic acid groups (broad SMARTS) is 1. The fourth-order valence-electron chi connectivity index (χ4n) is 2.23. The molecule has 0 aliphatic rings. The van der Waals surface area contributed by atoms with Gasteiger partial charge in [-0.25, -0.2) is 4.79 Å². The second-order valence-electron chi connectivity index (χ2n) is 5.03. The van der Waals surface area contributed by atoms with E-state index in [1.54, 1.807) is 22.8 Å². The maximum atomic E-state index is 12.3. The van der Waals surface area contributed by atoms with Gasteiger partial charge in [0, 0.05) is 19.3 Å². The highest BCUT2D eigenvalue weighted by Crippen LogP contribution is 2.23. The van der Waals surface area contributed by atoms with E-state index in [0.717, 1.165) is 6.54 Å². The van der Waals surface area contributed by atoms with Gasteiger partial charge in [0.05, 0.1) is 18.0 Å². The van der Waals surface area contributed by atoms with E-state index in [9.17, 15) is 14.7 Å². The maximum Gasteiger partial charge on any atom is 0.341 e. The minimum atomic E-state index is -1.22. The number of aromatic nitrogens is 1. The first kappa shape index (κ1) is 15.1. The molecule has 0 saturated heterocycles. The highest BCUT2D eigenvalue weighted by Gasteiger charge is 2.16. The molecule has 6 heteroatoms. The molecular weight excluding hydrogens is 272 g/mol. The van der Waals surface area contributed by atoms with Crippen LogP contribution in [-0.4, -0.2) is 48.3 Å². The number of methoxy groups -OCH3 is 1. The molecule has 6 nitrogen and oxygen atoms in total. The lowest BCUT2D eigenvalue weighted by Gasteiger charge is -2.17. The molecule has 0 amide bonds. The Labute approximate surface area is 122 Å². The Morgan fingerprint density at radius 1 is 1.38 bits per heavy atom. The van der Waals surface area contributed by atoms with E-state index in [1.165, 1.54) is 13.3 Å². The second-order valence-corrected chi connectivity index (χ2v) is 5.03. The number of benzene rings is 1. The van der Waals surface area contributed by atoms with E-state index in [2.05, 4.69) is 0 Å². The summed E-state index contributed by atoms with van der Waals surface area (Å²) >= 11 is 0. The van der Waals surface area contributed by atoms with Crippen molar-refractivity contribution in [1.82, 2.24) is 9.47 Å². The van der Waals surface area contributed by atoms with Gasteiger partial charge in [0.2, 0.25) is 5.43 Å². The Morgan fingerprint density at radius 3 is 2.67 bits per heavy atom. The first-order valence-electron chi connectivity index (χ1n) is 6.54. The minimum absolute atomic E-state index is 0.227. The highest BCUT2D eigenvalue weighted by molar-refractivity contribution is 5.94. The molecule has 2 aromatic rings. The largest absolute Gasteiger partial charge is 0.495 e. The van der Waals surface area contributed by atoms with Crippen LogP contribution in [0.5, 0.6) is 5.75 Å². The molecule has 0 atom stereocenters. The lowest BCUT2D eigenvalue weighted by Crippen LogP contribution is -2.23. The van der Waals surface area contributed by atoms with Crippen LogP contribution in [0.25, 0.3) is 10.9 Å². The van der Waals surface area contributed by atoms with Crippen molar-refractivity contribution in [3.05, 3.63) is 40.2 Å². The van der Waals surface area contributed by atoms with E-state index in [4.69, 9.17) is 4.74 Å². The molecule has 0 fully saturated rings. The van der Waals surface area contributed by atoms with Gasteiger partial charge < -0.3 is 19.3 Å². The molecule has 0 unspecified atom stereocenters. The van der Waals surface area contributed by atoms with Gasteiger partial charge in [-0.05, 0) is 26.2 Å². The number of carboxylic acids is 1. The topological polar surface area (TPSA) is 71.8 Å². The van der Waals surface area contributed by atoms with Gasteiger partial charge in [0.15, 0.2) is 0 Å². The van der Waals surface area contributed by atoms with Crippen LogP contribution in [0.4, 0.5) is 0 Å². The van der Waals surface area contributed by atoms with E-state index < -0.39 is 11.4 Å². The van der Waals surface area contributed by atoms with Crippen LogP contribution in [-0.2, 0) is 6.54 Å². The molecule has 112 valence electrons. The third-order valence-electron chi connectivity index (χ3n) is 3.30. The number of nitrogens with zero attached hydrogens (tertiary/aromatic N) is 2. The number of para-hydroxylation sites is 1. The molecule has 1 heterocycles. The van der Waals surface area contributed by atoms with Crippen molar-refractivity contribution in [2.75, 3.05) is 27.7 Å². The summed E-state index contributed by atoms with van der Waals surface area (Å²) in [6.45, 7) is 1.28. The van der Waals surface area contributed by atoms with Gasteiger partial charge in [-0.15, -0.1) is 0 Å². The molecule has 1 N–H and O–H groups in total. The first-order chi connectivity index (χ1) is 9.95. The maximum absolute atomic E-state index is 12.3. The average Bonchev–Trinajstić information content (AvgIpc) is 2.45. The Hall–Kier alpha value is -2.34. The lowest BCUT2D eigenvalue weighted by atomic mass is 10.1. The summed E-state index contributed by atoms with van der Waals surface area (Å²) in [4.78, 5) is 25.5. The molecule has 2 rings (SSSR count). The molecule has 0 saturated carbocycles. The van der Waals surface area contributed by atoms with Crippen LogP contribution >= 0.6 is 0 Å². The Kier molecular flexibility index (Phi) is 4.28. The molecule has 0 aliphatic heterocycles. The quantitative estimate of drug-likeness (QED) is 0.898. The zero-order chi connectivity index (χ0) is 15.6. The summed E-state index contributed by atoms with van der Waals surface area (Å²) in [5, 5.41) is 9.55. The monoisotopic (exact) mass is 290 g/mol. The molecule has 0 spiro atoms. The summed E-state index contributed by atoms with van der Waals surface area (Å²) in [6.07, 6.45) is 1.39. The number of likely N-dealkylation sites (N-methyl/N-ethyl adjacent to an activating group) is 1. The zero-order valence-electron chi connectivity index (χ0n) is 12.3. The lowest BCUT2D eigenvalue weighted by molar-refractivity contribution is 0.0694. The summed E-state index contributed by atoms with van der Waals surface area (Å²) < 4.78 is 7.07. The summed E-state index contributed by atoms with van der Waals surface area (Å²) in [6, 6.07) is 5.07. The van der Waals surface area contributed by atoms with Crippen LogP contribution in [0.2, 0.25) is 0 Å². The molecule has 0 radical (unpaired) electrons. The van der Waals surface area contributed by atoms with Crippen molar-refractivity contribution in [3.8, 4) is 5.75 Å². The third kappa shape index (κ3) is 2.90. The van der Waals surface area contributed by atoms with E-state index in [0.29, 0.717) is 23.2 Å². The standard InChI is InChI=1S/C15H18N2O4/c1-16(2)7-8-17-9-11(15(19)20)14(18)10-5-4-6-12(21-3)13(10)17/h4-6,9H,7-8H2,1-3H3,(H,19,20).